The van der Waals surface area contributed by atoms with Crippen molar-refractivity contribution < 1.29 is 0 Å². The van der Waals surface area contributed by atoms with Gasteiger partial charge in [-0.3, -0.25) is 0 Å². The van der Waals surface area contributed by atoms with E-state index in [4.69, 9.17) is 5.73 Å². The highest BCUT2D eigenvalue weighted by Crippen LogP contribution is 2.37. The number of fused-ring (bicyclic) bond motifs is 1. The van der Waals surface area contributed by atoms with Gasteiger partial charge in [0.1, 0.15) is 5.82 Å². The van der Waals surface area contributed by atoms with Gasteiger partial charge in [-0.15, -0.1) is 0 Å². The molecule has 1 aromatic heterocycles. The van der Waals surface area contributed by atoms with Crippen LogP contribution in [0.2, 0.25) is 0 Å². The van der Waals surface area contributed by atoms with Crippen LogP contribution in [0, 0.1) is 0 Å². The van der Waals surface area contributed by atoms with Crippen molar-refractivity contribution in [2.24, 2.45) is 5.73 Å². The molecular formula is C15H17BrN4. The molecule has 1 aliphatic heterocycles. The number of hydrogen-bond donors (Lipinski definition) is 1. The summed E-state index contributed by atoms with van der Waals surface area (Å²) in [6.07, 6.45) is 1.83. The van der Waals surface area contributed by atoms with E-state index >= 15 is 0 Å². The predicted octanol–water partition coefficient (Wildman–Crippen LogP) is 2.89. The third-order valence-corrected chi connectivity index (χ3v) is 4.06. The molecule has 5 heteroatoms. The Morgan fingerprint density at radius 1 is 1.25 bits per heavy atom. The number of hydrogen-bond acceptors (Lipinski definition) is 4. The molecule has 0 radical (unpaired) electrons. The molecule has 0 fully saturated rings. The summed E-state index contributed by atoms with van der Waals surface area (Å²) in [7, 11) is 2.12. The standard InChI is InChI=1S/C15H17BrN4/c1-19-6-7-20(14-5-3-2-4-13(14)19)15-11(9-17)8-12(16)10-18-15/h2-5,8,10H,6-7,9,17H2,1H3. The number of likely N-dealkylation sites (N-methyl/N-ethyl adjacent to an activating group) is 1. The summed E-state index contributed by atoms with van der Waals surface area (Å²) in [4.78, 5) is 9.10. The van der Waals surface area contributed by atoms with Gasteiger partial charge in [0.15, 0.2) is 0 Å². The minimum absolute atomic E-state index is 0.482. The molecule has 1 aromatic carbocycles. The lowest BCUT2D eigenvalue weighted by Crippen LogP contribution is -2.37. The molecule has 0 amide bonds. The van der Waals surface area contributed by atoms with E-state index in [0.717, 1.165) is 28.9 Å². The lowest BCUT2D eigenvalue weighted by Gasteiger charge is -2.37. The lowest BCUT2D eigenvalue weighted by molar-refractivity contribution is 0.806. The smallest absolute Gasteiger partial charge is 0.137 e. The molecule has 4 nitrogen and oxygen atoms in total. The molecule has 0 atom stereocenters. The fourth-order valence-electron chi connectivity index (χ4n) is 2.59. The number of halogens is 1. The zero-order chi connectivity index (χ0) is 14.1. The zero-order valence-corrected chi connectivity index (χ0v) is 13.0. The molecule has 20 heavy (non-hydrogen) atoms. The Labute approximate surface area is 127 Å². The van der Waals surface area contributed by atoms with Gasteiger partial charge in [0.2, 0.25) is 0 Å². The zero-order valence-electron chi connectivity index (χ0n) is 11.4. The monoisotopic (exact) mass is 332 g/mol. The van der Waals surface area contributed by atoms with Crippen molar-refractivity contribution >= 4 is 33.1 Å². The van der Waals surface area contributed by atoms with Crippen molar-refractivity contribution in [3.8, 4) is 0 Å². The van der Waals surface area contributed by atoms with Crippen molar-refractivity contribution in [1.29, 1.82) is 0 Å². The van der Waals surface area contributed by atoms with Crippen LogP contribution >= 0.6 is 15.9 Å². The molecule has 0 saturated carbocycles. The van der Waals surface area contributed by atoms with Gasteiger partial charge in [-0.2, -0.15) is 0 Å². The van der Waals surface area contributed by atoms with Gasteiger partial charge in [0.25, 0.3) is 0 Å². The highest BCUT2D eigenvalue weighted by Gasteiger charge is 2.23. The van der Waals surface area contributed by atoms with E-state index in [9.17, 15) is 0 Å². The molecule has 3 rings (SSSR count). The normalized spacial score (nSPS) is 14.3. The van der Waals surface area contributed by atoms with E-state index in [-0.39, 0.29) is 0 Å². The van der Waals surface area contributed by atoms with Crippen LogP contribution in [-0.2, 0) is 6.54 Å². The first-order valence-electron chi connectivity index (χ1n) is 6.63. The lowest BCUT2D eigenvalue weighted by atomic mass is 10.1. The predicted molar refractivity (Wildman–Crippen MR) is 86.5 cm³/mol. The largest absolute Gasteiger partial charge is 0.371 e. The minimum Gasteiger partial charge on any atom is -0.371 e. The number of rotatable bonds is 2. The summed E-state index contributed by atoms with van der Waals surface area (Å²) in [6.45, 7) is 2.37. The van der Waals surface area contributed by atoms with Crippen molar-refractivity contribution in [2.45, 2.75) is 6.54 Å². The molecule has 0 saturated heterocycles. The van der Waals surface area contributed by atoms with E-state index in [1.807, 2.05) is 12.3 Å². The first-order chi connectivity index (χ1) is 9.70. The van der Waals surface area contributed by atoms with Gasteiger partial charge in [0, 0.05) is 42.9 Å². The van der Waals surface area contributed by atoms with Crippen molar-refractivity contribution in [1.82, 2.24) is 4.98 Å². The summed E-state index contributed by atoms with van der Waals surface area (Å²) in [5.41, 5.74) is 9.34. The van der Waals surface area contributed by atoms with Gasteiger partial charge in [-0.1, -0.05) is 12.1 Å². The maximum Gasteiger partial charge on any atom is 0.137 e. The topological polar surface area (TPSA) is 45.4 Å². The average Bonchev–Trinajstić information content (AvgIpc) is 2.48. The Bertz CT molecular complexity index is 629. The number of nitrogens with two attached hydrogens (primary N) is 1. The van der Waals surface area contributed by atoms with Crippen LogP contribution < -0.4 is 15.5 Å². The number of nitrogens with zero attached hydrogens (tertiary/aromatic N) is 3. The fourth-order valence-corrected chi connectivity index (χ4v) is 2.97. The summed E-state index contributed by atoms with van der Waals surface area (Å²) >= 11 is 3.46. The Morgan fingerprint density at radius 2 is 2.00 bits per heavy atom. The van der Waals surface area contributed by atoms with Gasteiger partial charge < -0.3 is 15.5 Å². The summed E-state index contributed by atoms with van der Waals surface area (Å²) in [5.74, 6) is 0.955. The third-order valence-electron chi connectivity index (χ3n) is 3.63. The Hall–Kier alpha value is -1.59. The molecule has 104 valence electrons. The van der Waals surface area contributed by atoms with E-state index in [1.54, 1.807) is 0 Å². The van der Waals surface area contributed by atoms with E-state index in [2.05, 4.69) is 62.0 Å². The second-order valence-electron chi connectivity index (χ2n) is 4.90. The van der Waals surface area contributed by atoms with E-state index in [1.165, 1.54) is 11.4 Å². The van der Waals surface area contributed by atoms with Crippen molar-refractivity contribution in [3.05, 3.63) is 46.6 Å². The molecular weight excluding hydrogens is 316 g/mol. The van der Waals surface area contributed by atoms with Crippen LogP contribution in [-0.4, -0.2) is 25.1 Å². The Kier molecular flexibility index (Phi) is 3.63. The number of aromatic nitrogens is 1. The second kappa shape index (κ2) is 5.42. The summed E-state index contributed by atoms with van der Waals surface area (Å²) in [5, 5.41) is 0. The minimum atomic E-state index is 0.482. The first-order valence-corrected chi connectivity index (χ1v) is 7.42. The number of benzene rings is 1. The maximum atomic E-state index is 5.88. The van der Waals surface area contributed by atoms with E-state index < -0.39 is 0 Å². The molecule has 0 spiro atoms. The Balaban J connectivity index is 2.10. The third kappa shape index (κ3) is 2.27. The first kappa shape index (κ1) is 13.4. The average molecular weight is 333 g/mol. The molecule has 0 unspecified atom stereocenters. The second-order valence-corrected chi connectivity index (χ2v) is 5.82. The van der Waals surface area contributed by atoms with Crippen LogP contribution in [0.15, 0.2) is 41.0 Å². The quantitative estimate of drug-likeness (QED) is 0.918. The number of para-hydroxylation sites is 2. The number of pyridine rings is 1. The molecule has 0 bridgehead atoms. The molecule has 2 aromatic rings. The van der Waals surface area contributed by atoms with Crippen molar-refractivity contribution in [2.75, 3.05) is 29.9 Å². The van der Waals surface area contributed by atoms with Gasteiger partial charge in [-0.25, -0.2) is 4.98 Å². The van der Waals surface area contributed by atoms with Crippen LogP contribution in [0.4, 0.5) is 17.2 Å². The molecule has 2 N–H and O–H groups in total. The van der Waals surface area contributed by atoms with Gasteiger partial charge in [0.05, 0.1) is 11.4 Å². The van der Waals surface area contributed by atoms with E-state index in [0.29, 0.717) is 6.54 Å². The SMILES string of the molecule is CN1CCN(c2ncc(Br)cc2CN)c2ccccc21. The molecule has 0 aliphatic carbocycles. The Morgan fingerprint density at radius 3 is 2.75 bits per heavy atom. The summed E-state index contributed by atoms with van der Waals surface area (Å²) in [6, 6.07) is 10.4. The van der Waals surface area contributed by atoms with Crippen LogP contribution in [0.5, 0.6) is 0 Å². The highest BCUT2D eigenvalue weighted by molar-refractivity contribution is 9.10. The number of anilines is 3. The van der Waals surface area contributed by atoms with Crippen LogP contribution in [0.1, 0.15) is 5.56 Å². The maximum absolute atomic E-state index is 5.88. The van der Waals surface area contributed by atoms with Crippen LogP contribution in [0.25, 0.3) is 0 Å². The highest BCUT2D eigenvalue weighted by atomic mass is 79.9. The molecule has 1 aliphatic rings. The molecule has 2 heterocycles. The summed E-state index contributed by atoms with van der Waals surface area (Å²) < 4.78 is 0.962. The fraction of sp³-hybridized carbons (Fsp3) is 0.267. The van der Waals surface area contributed by atoms with Gasteiger partial charge in [-0.05, 0) is 34.1 Å². The van der Waals surface area contributed by atoms with Gasteiger partial charge >= 0.3 is 0 Å². The van der Waals surface area contributed by atoms with Crippen molar-refractivity contribution in [3.63, 3.8) is 0 Å². The van der Waals surface area contributed by atoms with Crippen LogP contribution in [0.3, 0.4) is 0 Å².